The van der Waals surface area contributed by atoms with Crippen LogP contribution in [0, 0.1) is 29.1 Å². The van der Waals surface area contributed by atoms with Crippen LogP contribution in [0.5, 0.6) is 0 Å². The van der Waals surface area contributed by atoms with E-state index in [4.69, 9.17) is 5.73 Å². The SMILES string of the molecule is NC(=S)c1cc(F)c(Nc2cc(F)c(F)cc2F)c(F)c1. The Morgan fingerprint density at radius 1 is 0.810 bits per heavy atom. The van der Waals surface area contributed by atoms with Crippen molar-refractivity contribution >= 4 is 28.6 Å². The van der Waals surface area contributed by atoms with Crippen LogP contribution in [0.15, 0.2) is 24.3 Å². The smallest absolute Gasteiger partial charge is 0.161 e. The molecular formula is C13H7F5N2S. The number of hydrogen-bond donors (Lipinski definition) is 2. The van der Waals surface area contributed by atoms with Crippen molar-refractivity contribution in [3.05, 3.63) is 58.9 Å². The van der Waals surface area contributed by atoms with Gasteiger partial charge in [-0.1, -0.05) is 12.2 Å². The number of benzene rings is 2. The van der Waals surface area contributed by atoms with E-state index in [-0.39, 0.29) is 16.6 Å². The van der Waals surface area contributed by atoms with Crippen molar-refractivity contribution in [2.45, 2.75) is 0 Å². The maximum atomic E-state index is 13.8. The minimum absolute atomic E-state index is 0.0590. The minimum Gasteiger partial charge on any atom is -0.389 e. The highest BCUT2D eigenvalue weighted by Gasteiger charge is 2.16. The first-order chi connectivity index (χ1) is 9.79. The third-order valence-electron chi connectivity index (χ3n) is 2.60. The summed E-state index contributed by atoms with van der Waals surface area (Å²) in [6.45, 7) is 0. The molecule has 21 heavy (non-hydrogen) atoms. The summed E-state index contributed by atoms with van der Waals surface area (Å²) in [4.78, 5) is -0.224. The van der Waals surface area contributed by atoms with Crippen molar-refractivity contribution in [1.29, 1.82) is 0 Å². The van der Waals surface area contributed by atoms with Gasteiger partial charge in [-0.2, -0.15) is 0 Å². The minimum atomic E-state index is -1.41. The molecule has 3 N–H and O–H groups in total. The zero-order valence-corrected chi connectivity index (χ0v) is 11.0. The van der Waals surface area contributed by atoms with E-state index < -0.39 is 40.5 Å². The standard InChI is InChI=1S/C13H7F5N2S/c14-6-3-8(16)11(4-7(6)15)20-12-9(17)1-5(13(19)21)2-10(12)18/h1-4,20H,(H2,19,21). The van der Waals surface area contributed by atoms with E-state index in [2.05, 4.69) is 12.2 Å². The predicted octanol–water partition coefficient (Wildman–Crippen LogP) is 3.76. The molecule has 2 nitrogen and oxygen atoms in total. The monoisotopic (exact) mass is 318 g/mol. The van der Waals surface area contributed by atoms with Crippen molar-refractivity contribution in [2.75, 3.05) is 5.32 Å². The molecule has 2 aromatic rings. The molecule has 0 fully saturated rings. The van der Waals surface area contributed by atoms with Crippen LogP contribution in [0.1, 0.15) is 5.56 Å². The molecule has 8 heteroatoms. The Morgan fingerprint density at radius 3 is 1.86 bits per heavy atom. The van der Waals surface area contributed by atoms with Crippen LogP contribution in [0.4, 0.5) is 33.3 Å². The largest absolute Gasteiger partial charge is 0.389 e. The van der Waals surface area contributed by atoms with Gasteiger partial charge in [0, 0.05) is 17.7 Å². The lowest BCUT2D eigenvalue weighted by Crippen LogP contribution is -2.11. The Kier molecular flexibility index (Phi) is 4.08. The van der Waals surface area contributed by atoms with Crippen LogP contribution >= 0.6 is 12.2 Å². The summed E-state index contributed by atoms with van der Waals surface area (Å²) in [5.74, 6) is -6.20. The third kappa shape index (κ3) is 3.10. The van der Waals surface area contributed by atoms with Crippen LogP contribution in [0.25, 0.3) is 0 Å². The van der Waals surface area contributed by atoms with Gasteiger partial charge in [0.05, 0.1) is 5.69 Å². The van der Waals surface area contributed by atoms with Gasteiger partial charge in [0.25, 0.3) is 0 Å². The second-order valence-electron chi connectivity index (χ2n) is 4.05. The molecule has 0 amide bonds. The van der Waals surface area contributed by atoms with Gasteiger partial charge < -0.3 is 11.1 Å². The van der Waals surface area contributed by atoms with E-state index in [1.165, 1.54) is 0 Å². The van der Waals surface area contributed by atoms with Gasteiger partial charge in [-0.05, 0) is 12.1 Å². The maximum absolute atomic E-state index is 13.8. The fourth-order valence-electron chi connectivity index (χ4n) is 1.59. The molecule has 0 aliphatic carbocycles. The van der Waals surface area contributed by atoms with E-state index in [1.807, 2.05) is 5.32 Å². The highest BCUT2D eigenvalue weighted by molar-refractivity contribution is 7.80. The molecule has 0 spiro atoms. The lowest BCUT2D eigenvalue weighted by atomic mass is 10.1. The van der Waals surface area contributed by atoms with Crippen LogP contribution < -0.4 is 11.1 Å². The molecule has 0 saturated carbocycles. The highest BCUT2D eigenvalue weighted by atomic mass is 32.1. The molecule has 0 saturated heterocycles. The summed E-state index contributed by atoms with van der Waals surface area (Å²) >= 11 is 4.58. The average molecular weight is 318 g/mol. The van der Waals surface area contributed by atoms with Crippen molar-refractivity contribution in [1.82, 2.24) is 0 Å². The summed E-state index contributed by atoms with van der Waals surface area (Å²) in [6, 6.07) is 2.39. The summed E-state index contributed by atoms with van der Waals surface area (Å²) in [7, 11) is 0. The summed E-state index contributed by atoms with van der Waals surface area (Å²) in [6.07, 6.45) is 0. The Balaban J connectivity index is 2.45. The average Bonchev–Trinajstić information content (AvgIpc) is 2.39. The topological polar surface area (TPSA) is 38.0 Å². The fourth-order valence-corrected chi connectivity index (χ4v) is 1.71. The van der Waals surface area contributed by atoms with Crippen molar-refractivity contribution in [3.63, 3.8) is 0 Å². The Morgan fingerprint density at radius 2 is 1.33 bits per heavy atom. The first-order valence-electron chi connectivity index (χ1n) is 5.50. The van der Waals surface area contributed by atoms with E-state index >= 15 is 0 Å². The van der Waals surface area contributed by atoms with Crippen molar-refractivity contribution < 1.29 is 22.0 Å². The molecule has 0 aliphatic rings. The molecule has 0 heterocycles. The first kappa shape index (κ1) is 15.2. The number of thiocarbonyl (C=S) groups is 1. The van der Waals surface area contributed by atoms with Crippen LogP contribution in [0.2, 0.25) is 0 Å². The summed E-state index contributed by atoms with van der Waals surface area (Å²) in [5, 5.41) is 2.03. The van der Waals surface area contributed by atoms with Gasteiger partial charge in [0.1, 0.15) is 28.1 Å². The van der Waals surface area contributed by atoms with E-state index in [0.717, 1.165) is 12.1 Å². The molecule has 0 radical (unpaired) electrons. The number of nitrogens with one attached hydrogen (secondary N) is 1. The van der Waals surface area contributed by atoms with Gasteiger partial charge in [0.2, 0.25) is 0 Å². The van der Waals surface area contributed by atoms with Gasteiger partial charge in [0.15, 0.2) is 11.6 Å². The molecule has 0 bridgehead atoms. The summed E-state index contributed by atoms with van der Waals surface area (Å²) < 4.78 is 66.8. The van der Waals surface area contributed by atoms with Gasteiger partial charge in [-0.25, -0.2) is 22.0 Å². The van der Waals surface area contributed by atoms with E-state index in [0.29, 0.717) is 6.07 Å². The quantitative estimate of drug-likeness (QED) is 0.514. The number of rotatable bonds is 3. The van der Waals surface area contributed by atoms with E-state index in [1.54, 1.807) is 0 Å². The third-order valence-corrected chi connectivity index (χ3v) is 2.83. The summed E-state index contributed by atoms with van der Waals surface area (Å²) in [5.41, 5.74) is 3.83. The molecule has 0 aromatic heterocycles. The Labute approximate surface area is 121 Å². The zero-order chi connectivity index (χ0) is 15.7. The molecule has 0 unspecified atom stereocenters. The Hall–Kier alpha value is -2.22. The van der Waals surface area contributed by atoms with Crippen molar-refractivity contribution in [2.24, 2.45) is 5.73 Å². The molecule has 2 rings (SSSR count). The van der Waals surface area contributed by atoms with Crippen LogP contribution in [-0.2, 0) is 0 Å². The lowest BCUT2D eigenvalue weighted by Gasteiger charge is -2.11. The van der Waals surface area contributed by atoms with Crippen LogP contribution in [0.3, 0.4) is 0 Å². The van der Waals surface area contributed by atoms with Gasteiger partial charge >= 0.3 is 0 Å². The number of nitrogens with two attached hydrogens (primary N) is 1. The molecular weight excluding hydrogens is 311 g/mol. The molecule has 2 aromatic carbocycles. The zero-order valence-electron chi connectivity index (χ0n) is 10.2. The number of hydrogen-bond acceptors (Lipinski definition) is 2. The maximum Gasteiger partial charge on any atom is 0.161 e. The second kappa shape index (κ2) is 5.65. The normalized spacial score (nSPS) is 10.5. The molecule has 110 valence electrons. The second-order valence-corrected chi connectivity index (χ2v) is 4.49. The predicted molar refractivity (Wildman–Crippen MR) is 71.8 cm³/mol. The fraction of sp³-hybridized carbons (Fsp3) is 0. The first-order valence-corrected chi connectivity index (χ1v) is 5.91. The van der Waals surface area contributed by atoms with Gasteiger partial charge in [-0.3, -0.25) is 0 Å². The highest BCUT2D eigenvalue weighted by Crippen LogP contribution is 2.27. The van der Waals surface area contributed by atoms with Crippen LogP contribution in [-0.4, -0.2) is 4.99 Å². The molecule has 0 aliphatic heterocycles. The number of anilines is 2. The molecule has 0 atom stereocenters. The van der Waals surface area contributed by atoms with Crippen molar-refractivity contribution in [3.8, 4) is 0 Å². The van der Waals surface area contributed by atoms with E-state index in [9.17, 15) is 22.0 Å². The lowest BCUT2D eigenvalue weighted by molar-refractivity contribution is 0.496. The number of halogens is 5. The Bertz CT molecular complexity index is 710. The van der Waals surface area contributed by atoms with Gasteiger partial charge in [-0.15, -0.1) is 0 Å².